The lowest BCUT2D eigenvalue weighted by atomic mass is 9.93. The van der Waals surface area contributed by atoms with Gasteiger partial charge >= 0.3 is 5.97 Å². The predicted molar refractivity (Wildman–Crippen MR) is 61.6 cm³/mol. The largest absolute Gasteiger partial charge is 0.508 e. The van der Waals surface area contributed by atoms with Gasteiger partial charge in [-0.25, -0.2) is 0 Å². The number of nitrogens with two attached hydrogens (primary N) is 1. The first-order valence-corrected chi connectivity index (χ1v) is 5.11. The van der Waals surface area contributed by atoms with Crippen LogP contribution in [0.25, 0.3) is 0 Å². The second-order valence-electron chi connectivity index (χ2n) is 4.09. The number of carboxylic acid groups (broad SMARTS) is 1. The molecule has 0 radical (unpaired) electrons. The molecule has 4 heteroatoms. The molecule has 1 aromatic carbocycles. The van der Waals surface area contributed by atoms with Crippen LogP contribution >= 0.6 is 0 Å². The molecule has 0 heterocycles. The van der Waals surface area contributed by atoms with Crippen molar-refractivity contribution in [2.45, 2.75) is 33.2 Å². The van der Waals surface area contributed by atoms with Crippen LogP contribution in [-0.4, -0.2) is 22.2 Å². The van der Waals surface area contributed by atoms with Gasteiger partial charge in [-0.2, -0.15) is 0 Å². The molecule has 0 fully saturated rings. The third-order valence-electron chi connectivity index (χ3n) is 2.97. The Morgan fingerprint density at radius 2 is 1.94 bits per heavy atom. The Labute approximate surface area is 94.7 Å². The Kier molecular flexibility index (Phi) is 3.55. The summed E-state index contributed by atoms with van der Waals surface area (Å²) < 4.78 is 0. The van der Waals surface area contributed by atoms with Gasteiger partial charge in [0.05, 0.1) is 0 Å². The standard InChI is InChI=1S/C12H17NO3/c1-6-4-11(14)8(3)7(2)9(6)5-10(13)12(15)16/h4,10,14H,5,13H2,1-3H3,(H,15,16)/t10-/m1/s1. The normalized spacial score (nSPS) is 12.5. The Morgan fingerprint density at radius 3 is 2.44 bits per heavy atom. The minimum Gasteiger partial charge on any atom is -0.508 e. The molecule has 0 aliphatic heterocycles. The number of phenols is 1. The van der Waals surface area contributed by atoms with Crippen LogP contribution in [0, 0.1) is 20.8 Å². The molecule has 0 amide bonds. The van der Waals surface area contributed by atoms with Crippen molar-refractivity contribution < 1.29 is 15.0 Å². The van der Waals surface area contributed by atoms with Crippen molar-refractivity contribution >= 4 is 5.97 Å². The number of hydrogen-bond donors (Lipinski definition) is 3. The van der Waals surface area contributed by atoms with Crippen LogP contribution < -0.4 is 5.73 Å². The van der Waals surface area contributed by atoms with Crippen molar-refractivity contribution in [1.82, 2.24) is 0 Å². The van der Waals surface area contributed by atoms with E-state index in [1.54, 1.807) is 13.0 Å². The van der Waals surface area contributed by atoms with Crippen LogP contribution in [0.1, 0.15) is 22.3 Å². The summed E-state index contributed by atoms with van der Waals surface area (Å²) in [6.07, 6.45) is 0.286. The summed E-state index contributed by atoms with van der Waals surface area (Å²) in [6.45, 7) is 5.52. The second-order valence-corrected chi connectivity index (χ2v) is 4.09. The molecule has 1 rings (SSSR count). The van der Waals surface area contributed by atoms with Crippen molar-refractivity contribution in [3.05, 3.63) is 28.3 Å². The van der Waals surface area contributed by atoms with Crippen LogP contribution in [0.4, 0.5) is 0 Å². The van der Waals surface area contributed by atoms with E-state index in [1.807, 2.05) is 13.8 Å². The molecular weight excluding hydrogens is 206 g/mol. The number of aliphatic carboxylic acids is 1. The minimum absolute atomic E-state index is 0.239. The SMILES string of the molecule is Cc1cc(O)c(C)c(C)c1C[C@@H](N)C(=O)O. The highest BCUT2D eigenvalue weighted by Crippen LogP contribution is 2.27. The van der Waals surface area contributed by atoms with Gasteiger partial charge in [0.25, 0.3) is 0 Å². The fraction of sp³-hybridized carbons (Fsp3) is 0.417. The first-order valence-electron chi connectivity index (χ1n) is 5.11. The summed E-state index contributed by atoms with van der Waals surface area (Å²) in [5.74, 6) is -0.771. The molecule has 4 nitrogen and oxygen atoms in total. The van der Waals surface area contributed by atoms with E-state index >= 15 is 0 Å². The van der Waals surface area contributed by atoms with Gasteiger partial charge in [-0.15, -0.1) is 0 Å². The lowest BCUT2D eigenvalue weighted by Crippen LogP contribution is -2.32. The van der Waals surface area contributed by atoms with Crippen LogP contribution in [0.3, 0.4) is 0 Å². The first-order chi connectivity index (χ1) is 7.34. The molecule has 0 bridgehead atoms. The maximum Gasteiger partial charge on any atom is 0.320 e. The number of hydrogen-bond acceptors (Lipinski definition) is 3. The molecule has 0 aliphatic carbocycles. The molecule has 0 aliphatic rings. The van der Waals surface area contributed by atoms with Crippen molar-refractivity contribution in [3.63, 3.8) is 0 Å². The Morgan fingerprint density at radius 1 is 1.38 bits per heavy atom. The van der Waals surface area contributed by atoms with Crippen molar-refractivity contribution in [3.8, 4) is 5.75 Å². The fourth-order valence-electron chi connectivity index (χ4n) is 1.74. The average molecular weight is 223 g/mol. The maximum absolute atomic E-state index is 10.7. The number of aryl methyl sites for hydroxylation is 1. The molecule has 0 saturated carbocycles. The summed E-state index contributed by atoms with van der Waals surface area (Å²) in [5.41, 5.74) is 8.98. The minimum atomic E-state index is -1.01. The average Bonchev–Trinajstić information content (AvgIpc) is 2.20. The zero-order valence-electron chi connectivity index (χ0n) is 9.74. The smallest absolute Gasteiger partial charge is 0.320 e. The summed E-state index contributed by atoms with van der Waals surface area (Å²) >= 11 is 0. The van der Waals surface area contributed by atoms with Gasteiger partial charge < -0.3 is 15.9 Å². The van der Waals surface area contributed by atoms with E-state index in [1.165, 1.54) is 0 Å². The summed E-state index contributed by atoms with van der Waals surface area (Å²) in [4.78, 5) is 10.7. The monoisotopic (exact) mass is 223 g/mol. The Bertz CT molecular complexity index is 427. The van der Waals surface area contributed by atoms with Gasteiger partial charge in [-0.05, 0) is 55.5 Å². The second kappa shape index (κ2) is 4.53. The van der Waals surface area contributed by atoms with E-state index in [0.29, 0.717) is 0 Å². The zero-order valence-corrected chi connectivity index (χ0v) is 9.74. The zero-order chi connectivity index (χ0) is 12.5. The number of carboxylic acids is 1. The number of benzene rings is 1. The van der Waals surface area contributed by atoms with Crippen LogP contribution in [0.2, 0.25) is 0 Å². The number of carbonyl (C=O) groups is 1. The third-order valence-corrected chi connectivity index (χ3v) is 2.97. The first kappa shape index (κ1) is 12.5. The molecule has 0 spiro atoms. The molecular formula is C12H17NO3. The molecule has 88 valence electrons. The molecule has 0 aromatic heterocycles. The number of rotatable bonds is 3. The topological polar surface area (TPSA) is 83.5 Å². The maximum atomic E-state index is 10.7. The summed E-state index contributed by atoms with van der Waals surface area (Å²) in [5, 5.41) is 18.4. The van der Waals surface area contributed by atoms with Crippen molar-refractivity contribution in [2.24, 2.45) is 5.73 Å². The van der Waals surface area contributed by atoms with Gasteiger partial charge in [-0.3, -0.25) is 4.79 Å². The van der Waals surface area contributed by atoms with Crippen molar-refractivity contribution in [1.29, 1.82) is 0 Å². The number of phenolic OH excluding ortho intramolecular Hbond substituents is 1. The van der Waals surface area contributed by atoms with Gasteiger partial charge in [0.2, 0.25) is 0 Å². The van der Waals surface area contributed by atoms with Crippen LogP contribution in [0.15, 0.2) is 6.07 Å². The highest BCUT2D eigenvalue weighted by atomic mass is 16.4. The third kappa shape index (κ3) is 2.33. The molecule has 4 N–H and O–H groups in total. The quantitative estimate of drug-likeness (QED) is 0.720. The van der Waals surface area contributed by atoms with E-state index in [4.69, 9.17) is 10.8 Å². The van der Waals surface area contributed by atoms with E-state index in [2.05, 4.69) is 0 Å². The lowest BCUT2D eigenvalue weighted by molar-refractivity contribution is -0.138. The highest BCUT2D eigenvalue weighted by molar-refractivity contribution is 5.73. The van der Waals surface area contributed by atoms with Crippen LogP contribution in [-0.2, 0) is 11.2 Å². The van der Waals surface area contributed by atoms with Crippen LogP contribution in [0.5, 0.6) is 5.75 Å². The molecule has 0 unspecified atom stereocenters. The fourth-order valence-corrected chi connectivity index (χ4v) is 1.74. The van der Waals surface area contributed by atoms with E-state index in [0.717, 1.165) is 22.3 Å². The molecule has 1 aromatic rings. The van der Waals surface area contributed by atoms with Gasteiger partial charge in [0.1, 0.15) is 11.8 Å². The van der Waals surface area contributed by atoms with E-state index in [9.17, 15) is 9.90 Å². The van der Waals surface area contributed by atoms with Gasteiger partial charge in [0, 0.05) is 0 Å². The lowest BCUT2D eigenvalue weighted by Gasteiger charge is -2.15. The van der Waals surface area contributed by atoms with E-state index in [-0.39, 0.29) is 12.2 Å². The predicted octanol–water partition coefficient (Wildman–Crippen LogP) is 1.27. The van der Waals surface area contributed by atoms with Gasteiger partial charge in [-0.1, -0.05) is 0 Å². The summed E-state index contributed by atoms with van der Waals surface area (Å²) in [7, 11) is 0. The van der Waals surface area contributed by atoms with E-state index < -0.39 is 12.0 Å². The molecule has 16 heavy (non-hydrogen) atoms. The number of aromatic hydroxyl groups is 1. The molecule has 0 saturated heterocycles. The Hall–Kier alpha value is -1.55. The van der Waals surface area contributed by atoms with Gasteiger partial charge in [0.15, 0.2) is 0 Å². The van der Waals surface area contributed by atoms with Crippen molar-refractivity contribution in [2.75, 3.05) is 0 Å². The Balaban J connectivity index is 3.14. The highest BCUT2D eigenvalue weighted by Gasteiger charge is 2.17. The summed E-state index contributed by atoms with van der Waals surface area (Å²) in [6, 6.07) is 0.744. The molecule has 1 atom stereocenters.